The van der Waals surface area contributed by atoms with E-state index in [-0.39, 0.29) is 0 Å². The van der Waals surface area contributed by atoms with Gasteiger partial charge in [0.25, 0.3) is 0 Å². The van der Waals surface area contributed by atoms with Crippen molar-refractivity contribution in [3.63, 3.8) is 0 Å². The van der Waals surface area contributed by atoms with Crippen LogP contribution in [-0.4, -0.2) is 16.4 Å². The molecular weight excluding hydrogens is 330 g/mol. The number of para-hydroxylation sites is 2. The maximum atomic E-state index is 4.87. The molecule has 1 aromatic heterocycles. The molecule has 3 rings (SSSR count). The van der Waals surface area contributed by atoms with E-state index in [9.17, 15) is 0 Å². The van der Waals surface area contributed by atoms with Crippen molar-refractivity contribution in [3.8, 4) is 0 Å². The van der Waals surface area contributed by atoms with E-state index < -0.39 is 0 Å². The average molecular weight is 355 g/mol. The van der Waals surface area contributed by atoms with Gasteiger partial charge in [-0.25, -0.2) is 4.98 Å². The lowest BCUT2D eigenvalue weighted by molar-refractivity contribution is 1.21. The van der Waals surface area contributed by atoms with Crippen molar-refractivity contribution in [2.45, 2.75) is 34.6 Å². The molecule has 3 nitrogen and oxygen atoms in total. The molecule has 0 aliphatic carbocycles. The van der Waals surface area contributed by atoms with E-state index in [1.807, 2.05) is 44.2 Å². The van der Waals surface area contributed by atoms with E-state index in [4.69, 9.17) is 15.0 Å². The van der Waals surface area contributed by atoms with E-state index in [2.05, 4.69) is 51.1 Å². The predicted molar refractivity (Wildman–Crippen MR) is 115 cm³/mol. The molecule has 0 radical (unpaired) electrons. The standard InChI is InChI=1S/C24H25N3/c1-16-14-22(19(4)25-21-12-7-6-8-13-21)27-23(15-16)20(5)26-24-17(2)10-9-11-18(24)3/h6-15H,1-5H3/b25-19+,26-20+. The van der Waals surface area contributed by atoms with E-state index in [1.165, 1.54) is 11.1 Å². The molecule has 136 valence electrons. The van der Waals surface area contributed by atoms with Crippen LogP contribution >= 0.6 is 0 Å². The Hall–Kier alpha value is -3.07. The third kappa shape index (κ3) is 4.56. The Morgan fingerprint density at radius 3 is 1.85 bits per heavy atom. The van der Waals surface area contributed by atoms with Gasteiger partial charge < -0.3 is 0 Å². The summed E-state index contributed by atoms with van der Waals surface area (Å²) >= 11 is 0. The molecule has 0 amide bonds. The minimum absolute atomic E-state index is 0.880. The highest BCUT2D eigenvalue weighted by Gasteiger charge is 2.08. The molecule has 0 saturated carbocycles. The Morgan fingerprint density at radius 1 is 0.704 bits per heavy atom. The molecule has 1 heterocycles. The molecule has 0 aliphatic heterocycles. The summed E-state index contributed by atoms with van der Waals surface area (Å²) in [5.74, 6) is 0. The topological polar surface area (TPSA) is 37.6 Å². The van der Waals surface area contributed by atoms with Crippen LogP contribution < -0.4 is 0 Å². The van der Waals surface area contributed by atoms with Gasteiger partial charge in [0.15, 0.2) is 0 Å². The fraction of sp³-hybridized carbons (Fsp3) is 0.208. The van der Waals surface area contributed by atoms with E-state index in [0.29, 0.717) is 0 Å². The van der Waals surface area contributed by atoms with Gasteiger partial charge in [-0.2, -0.15) is 0 Å². The first-order valence-electron chi connectivity index (χ1n) is 9.15. The van der Waals surface area contributed by atoms with Crippen LogP contribution in [0.15, 0.2) is 70.6 Å². The van der Waals surface area contributed by atoms with E-state index >= 15 is 0 Å². The summed E-state index contributed by atoms with van der Waals surface area (Å²) in [4.78, 5) is 14.4. The molecule has 0 unspecified atom stereocenters. The monoisotopic (exact) mass is 355 g/mol. The van der Waals surface area contributed by atoms with Crippen molar-refractivity contribution in [3.05, 3.63) is 88.7 Å². The summed E-state index contributed by atoms with van der Waals surface area (Å²) < 4.78 is 0. The Kier molecular flexibility index (Phi) is 5.60. The lowest BCUT2D eigenvalue weighted by Gasteiger charge is -2.09. The third-order valence-electron chi connectivity index (χ3n) is 4.48. The highest BCUT2D eigenvalue weighted by molar-refractivity contribution is 6.02. The fourth-order valence-electron chi connectivity index (χ4n) is 3.00. The van der Waals surface area contributed by atoms with Gasteiger partial charge in [-0.15, -0.1) is 0 Å². The highest BCUT2D eigenvalue weighted by Crippen LogP contribution is 2.24. The van der Waals surface area contributed by atoms with Crippen molar-refractivity contribution in [2.24, 2.45) is 9.98 Å². The molecule has 27 heavy (non-hydrogen) atoms. The second-order valence-electron chi connectivity index (χ2n) is 6.89. The van der Waals surface area contributed by atoms with Gasteiger partial charge in [0.2, 0.25) is 0 Å². The van der Waals surface area contributed by atoms with Gasteiger partial charge >= 0.3 is 0 Å². The molecule has 3 heteroatoms. The van der Waals surface area contributed by atoms with Gasteiger partial charge in [-0.3, -0.25) is 9.98 Å². The Bertz CT molecular complexity index is 995. The van der Waals surface area contributed by atoms with Crippen molar-refractivity contribution in [2.75, 3.05) is 0 Å². The lowest BCUT2D eigenvalue weighted by Crippen LogP contribution is -2.06. The van der Waals surface area contributed by atoms with Crippen molar-refractivity contribution < 1.29 is 0 Å². The summed E-state index contributed by atoms with van der Waals surface area (Å²) in [7, 11) is 0. The maximum absolute atomic E-state index is 4.87. The zero-order valence-corrected chi connectivity index (χ0v) is 16.6. The van der Waals surface area contributed by atoms with E-state index in [0.717, 1.165) is 39.7 Å². The largest absolute Gasteiger partial charge is 0.252 e. The predicted octanol–water partition coefficient (Wildman–Crippen LogP) is 6.29. The number of benzene rings is 2. The Morgan fingerprint density at radius 2 is 1.26 bits per heavy atom. The lowest BCUT2D eigenvalue weighted by atomic mass is 10.1. The van der Waals surface area contributed by atoms with Gasteiger partial charge in [-0.05, 0) is 75.6 Å². The zero-order chi connectivity index (χ0) is 19.4. The molecule has 0 bridgehead atoms. The van der Waals surface area contributed by atoms with Crippen molar-refractivity contribution in [1.82, 2.24) is 4.98 Å². The van der Waals surface area contributed by atoms with Crippen LogP contribution in [0.2, 0.25) is 0 Å². The molecule has 0 spiro atoms. The maximum Gasteiger partial charge on any atom is 0.0852 e. The number of nitrogens with zero attached hydrogens (tertiary/aromatic N) is 3. The molecule has 0 aliphatic rings. The van der Waals surface area contributed by atoms with Crippen LogP contribution in [0.25, 0.3) is 0 Å². The molecule has 0 atom stereocenters. The molecule has 0 saturated heterocycles. The van der Waals surface area contributed by atoms with Crippen LogP contribution in [0.1, 0.15) is 41.9 Å². The minimum atomic E-state index is 0.880. The molecule has 0 fully saturated rings. The Balaban J connectivity index is 2.00. The second-order valence-corrected chi connectivity index (χ2v) is 6.89. The SMILES string of the molecule is C/C(=N\c1ccccc1)c1cc(C)cc(/C(C)=N/c2c(C)cccc2C)n1. The summed E-state index contributed by atoms with van der Waals surface area (Å²) in [5.41, 5.74) is 9.01. The van der Waals surface area contributed by atoms with Crippen LogP contribution in [0, 0.1) is 20.8 Å². The van der Waals surface area contributed by atoms with Crippen LogP contribution in [0.4, 0.5) is 11.4 Å². The third-order valence-corrected chi connectivity index (χ3v) is 4.48. The molecule has 0 N–H and O–H groups in total. The van der Waals surface area contributed by atoms with Crippen molar-refractivity contribution in [1.29, 1.82) is 0 Å². The van der Waals surface area contributed by atoms with E-state index in [1.54, 1.807) is 0 Å². The zero-order valence-electron chi connectivity index (χ0n) is 16.6. The highest BCUT2D eigenvalue weighted by atomic mass is 14.8. The number of aromatic nitrogens is 1. The first kappa shape index (κ1) is 18.7. The number of aliphatic imine (C=N–C) groups is 2. The van der Waals surface area contributed by atoms with Gasteiger partial charge in [0.1, 0.15) is 0 Å². The second kappa shape index (κ2) is 8.09. The molecule has 3 aromatic rings. The Labute approximate surface area is 161 Å². The van der Waals surface area contributed by atoms with Crippen LogP contribution in [0.3, 0.4) is 0 Å². The fourth-order valence-corrected chi connectivity index (χ4v) is 3.00. The minimum Gasteiger partial charge on any atom is -0.252 e. The number of rotatable bonds is 4. The number of hydrogen-bond acceptors (Lipinski definition) is 3. The summed E-state index contributed by atoms with van der Waals surface area (Å²) in [6.45, 7) is 10.3. The number of hydrogen-bond donors (Lipinski definition) is 0. The summed E-state index contributed by atoms with van der Waals surface area (Å²) in [5, 5.41) is 0. The first-order chi connectivity index (χ1) is 12.9. The van der Waals surface area contributed by atoms with Gasteiger partial charge in [-0.1, -0.05) is 36.4 Å². The van der Waals surface area contributed by atoms with Gasteiger partial charge in [0, 0.05) is 0 Å². The number of pyridine rings is 1. The quantitative estimate of drug-likeness (QED) is 0.507. The summed E-state index contributed by atoms with van der Waals surface area (Å²) in [6.07, 6.45) is 0. The first-order valence-corrected chi connectivity index (χ1v) is 9.15. The molecular formula is C24H25N3. The van der Waals surface area contributed by atoms with Crippen LogP contribution in [0.5, 0.6) is 0 Å². The normalized spacial score (nSPS) is 12.3. The van der Waals surface area contributed by atoms with Gasteiger partial charge in [0.05, 0.1) is 34.2 Å². The molecule has 2 aromatic carbocycles. The smallest absolute Gasteiger partial charge is 0.0852 e. The van der Waals surface area contributed by atoms with Crippen molar-refractivity contribution >= 4 is 22.8 Å². The number of aryl methyl sites for hydroxylation is 3. The van der Waals surface area contributed by atoms with Crippen LogP contribution in [-0.2, 0) is 0 Å². The average Bonchev–Trinajstić information content (AvgIpc) is 2.65. The summed E-state index contributed by atoms with van der Waals surface area (Å²) in [6, 6.07) is 20.3.